The van der Waals surface area contributed by atoms with Gasteiger partial charge in [-0.25, -0.2) is 0 Å². The van der Waals surface area contributed by atoms with Crippen LogP contribution in [0.5, 0.6) is 0 Å². The van der Waals surface area contributed by atoms with Gasteiger partial charge in [-0.15, -0.1) is 0 Å². The van der Waals surface area contributed by atoms with Crippen LogP contribution in [0.1, 0.15) is 24.2 Å². The molecular weight excluding hydrogens is 264 g/mol. The second kappa shape index (κ2) is 5.93. The molecule has 1 aromatic rings. The fourth-order valence-corrected chi connectivity index (χ4v) is 2.86. The lowest BCUT2D eigenvalue weighted by Gasteiger charge is -2.42. The van der Waals surface area contributed by atoms with Crippen LogP contribution in [0.3, 0.4) is 0 Å². The van der Waals surface area contributed by atoms with Gasteiger partial charge in [0.2, 0.25) is 0 Å². The third-order valence-electron chi connectivity index (χ3n) is 4.38. The van der Waals surface area contributed by atoms with Crippen LogP contribution < -0.4 is 10.6 Å². The molecule has 2 rings (SSSR count). The maximum absolute atomic E-state index is 12.9. The Hall–Kier alpha value is -1.75. The van der Waals surface area contributed by atoms with Crippen molar-refractivity contribution in [2.45, 2.75) is 25.9 Å². The highest BCUT2D eigenvalue weighted by atomic mass is 16.2. The number of amides is 1. The number of likely N-dealkylation sites (N-methyl/N-ethyl adjacent to an activating group) is 1. The Morgan fingerprint density at radius 2 is 1.81 bits per heavy atom. The summed E-state index contributed by atoms with van der Waals surface area (Å²) in [7, 11) is 6.00. The average Bonchev–Trinajstić information content (AvgIpc) is 2.42. The lowest BCUT2D eigenvalue weighted by molar-refractivity contribution is 0.0415. The predicted molar refractivity (Wildman–Crippen MR) is 87.8 cm³/mol. The Balaban J connectivity index is 2.30. The number of nitrogens with two attached hydrogens (primary N) is 1. The van der Waals surface area contributed by atoms with E-state index in [1.807, 2.05) is 36.0 Å². The molecule has 1 aromatic carbocycles. The number of benzene rings is 1. The van der Waals surface area contributed by atoms with Crippen LogP contribution >= 0.6 is 0 Å². The van der Waals surface area contributed by atoms with E-state index in [0.29, 0.717) is 23.3 Å². The molecule has 1 aliphatic rings. The Morgan fingerprint density at radius 1 is 1.24 bits per heavy atom. The van der Waals surface area contributed by atoms with Gasteiger partial charge in [-0.1, -0.05) is 0 Å². The van der Waals surface area contributed by atoms with Gasteiger partial charge in [-0.3, -0.25) is 9.69 Å². The number of hydrogen-bond acceptors (Lipinski definition) is 4. The van der Waals surface area contributed by atoms with Crippen molar-refractivity contribution < 1.29 is 4.79 Å². The lowest BCUT2D eigenvalue weighted by atomic mass is 10.1. The zero-order valence-electron chi connectivity index (χ0n) is 13.6. The first-order valence-electron chi connectivity index (χ1n) is 7.39. The van der Waals surface area contributed by atoms with Gasteiger partial charge in [0.15, 0.2) is 0 Å². The van der Waals surface area contributed by atoms with E-state index in [0.717, 1.165) is 18.8 Å². The number of carbonyl (C=O) groups excluding carboxylic acids is 1. The molecule has 0 saturated carbocycles. The summed E-state index contributed by atoms with van der Waals surface area (Å²) in [6.45, 7) is 5.81. The zero-order valence-corrected chi connectivity index (χ0v) is 13.6. The van der Waals surface area contributed by atoms with Crippen molar-refractivity contribution in [2.24, 2.45) is 0 Å². The van der Waals surface area contributed by atoms with E-state index in [1.54, 1.807) is 6.07 Å². The van der Waals surface area contributed by atoms with Crippen LogP contribution in [0, 0.1) is 0 Å². The van der Waals surface area contributed by atoms with E-state index in [4.69, 9.17) is 5.73 Å². The van der Waals surface area contributed by atoms with E-state index in [1.165, 1.54) is 0 Å². The first-order chi connectivity index (χ1) is 9.81. The second-order valence-electron chi connectivity index (χ2n) is 6.24. The first kappa shape index (κ1) is 15.6. The molecule has 1 heterocycles. The van der Waals surface area contributed by atoms with E-state index >= 15 is 0 Å². The van der Waals surface area contributed by atoms with Crippen molar-refractivity contribution >= 4 is 17.3 Å². The summed E-state index contributed by atoms with van der Waals surface area (Å²) < 4.78 is 0. The molecule has 0 bridgehead atoms. The van der Waals surface area contributed by atoms with Gasteiger partial charge in [0.05, 0.1) is 5.56 Å². The van der Waals surface area contributed by atoms with Crippen LogP contribution in [-0.4, -0.2) is 62.0 Å². The van der Waals surface area contributed by atoms with E-state index in [9.17, 15) is 4.79 Å². The number of rotatable bonds is 2. The Kier molecular flexibility index (Phi) is 4.42. The third-order valence-corrected chi connectivity index (χ3v) is 4.38. The predicted octanol–water partition coefficient (Wildman–Crippen LogP) is 1.50. The van der Waals surface area contributed by atoms with Gasteiger partial charge in [-0.05, 0) is 39.1 Å². The maximum Gasteiger partial charge on any atom is 0.256 e. The zero-order chi connectivity index (χ0) is 15.7. The second-order valence-corrected chi connectivity index (χ2v) is 6.24. The van der Waals surface area contributed by atoms with E-state index < -0.39 is 0 Å². The van der Waals surface area contributed by atoms with Crippen molar-refractivity contribution in [1.82, 2.24) is 9.80 Å². The molecule has 2 atom stereocenters. The molecule has 0 aromatic heterocycles. The summed E-state index contributed by atoms with van der Waals surface area (Å²) in [6.07, 6.45) is 0. The lowest BCUT2D eigenvalue weighted by Crippen LogP contribution is -2.56. The number of nitrogens with zero attached hydrogens (tertiary/aromatic N) is 3. The van der Waals surface area contributed by atoms with E-state index in [2.05, 4.69) is 25.8 Å². The quantitative estimate of drug-likeness (QED) is 0.839. The molecule has 0 aliphatic carbocycles. The highest BCUT2D eigenvalue weighted by molar-refractivity contribution is 6.00. The highest BCUT2D eigenvalue weighted by Gasteiger charge is 2.30. The molecule has 2 N–H and O–H groups in total. The fraction of sp³-hybridized carbons (Fsp3) is 0.562. The van der Waals surface area contributed by atoms with Crippen LogP contribution in [0.4, 0.5) is 11.4 Å². The summed E-state index contributed by atoms with van der Waals surface area (Å²) in [5.41, 5.74) is 8.09. The molecule has 1 amide bonds. The number of anilines is 2. The van der Waals surface area contributed by atoms with Crippen molar-refractivity contribution in [2.75, 3.05) is 44.9 Å². The monoisotopic (exact) mass is 290 g/mol. The largest absolute Gasteiger partial charge is 0.399 e. The van der Waals surface area contributed by atoms with Crippen LogP contribution in [-0.2, 0) is 0 Å². The van der Waals surface area contributed by atoms with Gasteiger partial charge in [-0.2, -0.15) is 0 Å². The van der Waals surface area contributed by atoms with Crippen molar-refractivity contribution in [3.63, 3.8) is 0 Å². The maximum atomic E-state index is 12.9. The van der Waals surface area contributed by atoms with E-state index in [-0.39, 0.29) is 5.91 Å². The summed E-state index contributed by atoms with van der Waals surface area (Å²) in [4.78, 5) is 19.1. The Bertz CT molecular complexity index is 517. The van der Waals surface area contributed by atoms with Crippen molar-refractivity contribution in [3.8, 4) is 0 Å². The summed E-state index contributed by atoms with van der Waals surface area (Å²) in [5.74, 6) is 0.0674. The fourth-order valence-electron chi connectivity index (χ4n) is 2.86. The number of nitrogen functional groups attached to an aromatic ring is 1. The SMILES string of the molecule is CC1CN(C(=O)c2cc(N)ccc2N(C)C)CC(C)N1C. The van der Waals surface area contributed by atoms with Crippen LogP contribution in [0.15, 0.2) is 18.2 Å². The van der Waals surface area contributed by atoms with Crippen molar-refractivity contribution in [1.29, 1.82) is 0 Å². The Morgan fingerprint density at radius 3 is 2.33 bits per heavy atom. The summed E-state index contributed by atoms with van der Waals surface area (Å²) in [6, 6.07) is 6.25. The minimum absolute atomic E-state index is 0.0674. The molecule has 5 nitrogen and oxygen atoms in total. The molecule has 2 unspecified atom stereocenters. The normalized spacial score (nSPS) is 23.2. The number of carbonyl (C=O) groups is 1. The molecule has 0 spiro atoms. The highest BCUT2D eigenvalue weighted by Crippen LogP contribution is 2.25. The molecule has 1 saturated heterocycles. The molecule has 5 heteroatoms. The minimum Gasteiger partial charge on any atom is -0.399 e. The van der Waals surface area contributed by atoms with Crippen LogP contribution in [0.2, 0.25) is 0 Å². The van der Waals surface area contributed by atoms with Crippen molar-refractivity contribution in [3.05, 3.63) is 23.8 Å². The molecule has 116 valence electrons. The van der Waals surface area contributed by atoms with Gasteiger partial charge in [0, 0.05) is 50.6 Å². The standard InChI is InChI=1S/C16H26N4O/c1-11-9-20(10-12(2)19(11)5)16(21)14-8-13(17)6-7-15(14)18(3)4/h6-8,11-12H,9-10,17H2,1-5H3. The van der Waals surface area contributed by atoms with Gasteiger partial charge >= 0.3 is 0 Å². The summed E-state index contributed by atoms with van der Waals surface area (Å²) >= 11 is 0. The van der Waals surface area contributed by atoms with Gasteiger partial charge < -0.3 is 15.5 Å². The molecule has 0 radical (unpaired) electrons. The minimum atomic E-state index is 0.0674. The van der Waals surface area contributed by atoms with Crippen LogP contribution in [0.25, 0.3) is 0 Å². The smallest absolute Gasteiger partial charge is 0.256 e. The van der Waals surface area contributed by atoms with Gasteiger partial charge in [0.1, 0.15) is 0 Å². The number of hydrogen-bond donors (Lipinski definition) is 1. The topological polar surface area (TPSA) is 52.8 Å². The molecule has 1 fully saturated rings. The number of piperazine rings is 1. The van der Waals surface area contributed by atoms with Gasteiger partial charge in [0.25, 0.3) is 5.91 Å². The molecular formula is C16H26N4O. The average molecular weight is 290 g/mol. The third kappa shape index (κ3) is 3.13. The Labute approximate surface area is 127 Å². The molecule has 1 aliphatic heterocycles. The first-order valence-corrected chi connectivity index (χ1v) is 7.39. The summed E-state index contributed by atoms with van der Waals surface area (Å²) in [5, 5.41) is 0. The molecule has 21 heavy (non-hydrogen) atoms.